The van der Waals surface area contributed by atoms with Gasteiger partial charge in [0.2, 0.25) is 0 Å². The molecule has 1 atom stereocenters. The number of phenols is 1. The summed E-state index contributed by atoms with van der Waals surface area (Å²) in [5.41, 5.74) is 2.12. The Morgan fingerprint density at radius 2 is 1.90 bits per heavy atom. The van der Waals surface area contributed by atoms with Crippen molar-refractivity contribution in [2.24, 2.45) is 0 Å². The van der Waals surface area contributed by atoms with Crippen molar-refractivity contribution in [1.29, 1.82) is 0 Å². The summed E-state index contributed by atoms with van der Waals surface area (Å²) in [4.78, 5) is 0. The van der Waals surface area contributed by atoms with Crippen LogP contribution in [0.4, 0.5) is 0 Å². The fourth-order valence-corrected chi connectivity index (χ4v) is 2.00. The van der Waals surface area contributed by atoms with Crippen molar-refractivity contribution >= 4 is 6.08 Å². The third-order valence-electron chi connectivity index (χ3n) is 3.23. The summed E-state index contributed by atoms with van der Waals surface area (Å²) in [5, 5.41) is 9.53. The predicted octanol–water partition coefficient (Wildman–Crippen LogP) is 4.19. The topological polar surface area (TPSA) is 38.7 Å². The van der Waals surface area contributed by atoms with Gasteiger partial charge in [-0.1, -0.05) is 48.6 Å². The zero-order chi connectivity index (χ0) is 15.1. The lowest BCUT2D eigenvalue weighted by molar-refractivity contribution is 0.0889. The molecular formula is C18H20O3. The van der Waals surface area contributed by atoms with Crippen LogP contribution in [0.2, 0.25) is 0 Å². The van der Waals surface area contributed by atoms with Crippen LogP contribution in [0, 0.1) is 0 Å². The fourth-order valence-electron chi connectivity index (χ4n) is 2.00. The Hall–Kier alpha value is -2.26. The van der Waals surface area contributed by atoms with Gasteiger partial charge in [-0.3, -0.25) is 0 Å². The monoisotopic (exact) mass is 284 g/mol. The summed E-state index contributed by atoms with van der Waals surface area (Å²) < 4.78 is 10.8. The fraction of sp³-hybridized carbons (Fsp3) is 0.222. The first-order valence-corrected chi connectivity index (χ1v) is 6.91. The number of rotatable bonds is 6. The van der Waals surface area contributed by atoms with Crippen LogP contribution in [0.5, 0.6) is 11.5 Å². The lowest BCUT2D eigenvalue weighted by Gasteiger charge is -2.11. The Balaban J connectivity index is 1.88. The molecule has 0 heterocycles. The van der Waals surface area contributed by atoms with Crippen molar-refractivity contribution in [3.63, 3.8) is 0 Å². The average molecular weight is 284 g/mol. The Labute approximate surface area is 125 Å². The Morgan fingerprint density at radius 1 is 1.14 bits per heavy atom. The molecule has 0 saturated heterocycles. The van der Waals surface area contributed by atoms with Gasteiger partial charge in [0.15, 0.2) is 11.5 Å². The van der Waals surface area contributed by atoms with E-state index in [2.05, 4.69) is 12.1 Å². The van der Waals surface area contributed by atoms with Gasteiger partial charge in [-0.2, -0.15) is 0 Å². The number of benzene rings is 2. The molecular weight excluding hydrogens is 264 g/mol. The molecule has 3 heteroatoms. The third kappa shape index (κ3) is 4.36. The van der Waals surface area contributed by atoms with Crippen molar-refractivity contribution in [1.82, 2.24) is 0 Å². The highest BCUT2D eigenvalue weighted by Gasteiger charge is 2.03. The highest BCUT2D eigenvalue weighted by Crippen LogP contribution is 2.26. The maximum Gasteiger partial charge on any atom is 0.161 e. The largest absolute Gasteiger partial charge is 0.504 e. The highest BCUT2D eigenvalue weighted by molar-refractivity contribution is 5.55. The van der Waals surface area contributed by atoms with Crippen LogP contribution in [0.15, 0.2) is 54.6 Å². The van der Waals surface area contributed by atoms with Gasteiger partial charge in [-0.15, -0.1) is 0 Å². The van der Waals surface area contributed by atoms with Crippen molar-refractivity contribution in [3.8, 4) is 11.5 Å². The van der Waals surface area contributed by atoms with Gasteiger partial charge in [0.05, 0.1) is 19.8 Å². The predicted molar refractivity (Wildman–Crippen MR) is 84.5 cm³/mol. The quantitative estimate of drug-likeness (QED) is 0.864. The second-order valence-electron chi connectivity index (χ2n) is 4.72. The van der Waals surface area contributed by atoms with E-state index in [1.54, 1.807) is 12.1 Å². The minimum Gasteiger partial charge on any atom is -0.504 e. The molecule has 2 aromatic carbocycles. The molecule has 0 bridgehead atoms. The van der Waals surface area contributed by atoms with Crippen LogP contribution < -0.4 is 4.74 Å². The summed E-state index contributed by atoms with van der Waals surface area (Å²) in [5.74, 6) is 0.610. The van der Waals surface area contributed by atoms with Gasteiger partial charge in [-0.05, 0) is 30.2 Å². The molecule has 0 radical (unpaired) electrons. The van der Waals surface area contributed by atoms with Gasteiger partial charge in [0, 0.05) is 0 Å². The molecule has 0 aliphatic heterocycles. The molecule has 110 valence electrons. The third-order valence-corrected chi connectivity index (χ3v) is 3.23. The second-order valence-corrected chi connectivity index (χ2v) is 4.72. The van der Waals surface area contributed by atoms with E-state index in [4.69, 9.17) is 9.47 Å². The van der Waals surface area contributed by atoms with Gasteiger partial charge < -0.3 is 14.6 Å². The van der Waals surface area contributed by atoms with E-state index in [-0.39, 0.29) is 11.9 Å². The summed E-state index contributed by atoms with van der Waals surface area (Å²) in [7, 11) is 1.53. The van der Waals surface area contributed by atoms with Crippen molar-refractivity contribution in [2.75, 3.05) is 13.7 Å². The molecule has 1 N–H and O–H groups in total. The first-order chi connectivity index (χ1) is 10.2. The molecule has 21 heavy (non-hydrogen) atoms. The van der Waals surface area contributed by atoms with Crippen molar-refractivity contribution in [3.05, 3.63) is 65.7 Å². The maximum atomic E-state index is 9.53. The Kier molecular flexibility index (Phi) is 5.41. The molecule has 0 spiro atoms. The van der Waals surface area contributed by atoms with Crippen LogP contribution in [0.1, 0.15) is 24.2 Å². The smallest absolute Gasteiger partial charge is 0.161 e. The average Bonchev–Trinajstić information content (AvgIpc) is 2.53. The zero-order valence-corrected chi connectivity index (χ0v) is 12.3. The molecule has 0 fully saturated rings. The number of hydrogen-bond donors (Lipinski definition) is 1. The summed E-state index contributed by atoms with van der Waals surface area (Å²) in [6, 6.07) is 15.3. The Bertz CT molecular complexity index is 591. The maximum absolute atomic E-state index is 9.53. The van der Waals surface area contributed by atoms with Gasteiger partial charge >= 0.3 is 0 Å². The van der Waals surface area contributed by atoms with E-state index < -0.39 is 0 Å². The molecule has 3 nitrogen and oxygen atoms in total. The molecule has 0 aliphatic rings. The summed E-state index contributed by atoms with van der Waals surface area (Å²) in [6.07, 6.45) is 3.95. The first kappa shape index (κ1) is 15.1. The molecule has 0 aromatic heterocycles. The summed E-state index contributed by atoms with van der Waals surface area (Å²) >= 11 is 0. The number of phenolic OH excluding ortho intramolecular Hbond substituents is 1. The van der Waals surface area contributed by atoms with Crippen molar-refractivity contribution in [2.45, 2.75) is 13.0 Å². The minimum atomic E-state index is 0.0604. The molecule has 0 aliphatic carbocycles. The number of aromatic hydroxyl groups is 1. The first-order valence-electron chi connectivity index (χ1n) is 6.91. The molecule has 2 rings (SSSR count). The molecule has 1 unspecified atom stereocenters. The zero-order valence-electron chi connectivity index (χ0n) is 12.3. The van der Waals surface area contributed by atoms with E-state index >= 15 is 0 Å². The molecule has 2 aromatic rings. The van der Waals surface area contributed by atoms with Crippen molar-refractivity contribution < 1.29 is 14.6 Å². The van der Waals surface area contributed by atoms with Crippen LogP contribution >= 0.6 is 0 Å². The van der Waals surface area contributed by atoms with Crippen LogP contribution in [-0.4, -0.2) is 18.8 Å². The summed E-state index contributed by atoms with van der Waals surface area (Å²) in [6.45, 7) is 2.56. The van der Waals surface area contributed by atoms with Gasteiger partial charge in [0.25, 0.3) is 0 Å². The Morgan fingerprint density at radius 3 is 2.62 bits per heavy atom. The molecule has 0 saturated carbocycles. The van der Waals surface area contributed by atoms with Gasteiger partial charge in [-0.25, -0.2) is 0 Å². The SMILES string of the molecule is COc1cc(/C=C/COC(C)c2ccccc2)ccc1O. The highest BCUT2D eigenvalue weighted by atomic mass is 16.5. The van der Waals surface area contributed by atoms with Crippen LogP contribution in [0.25, 0.3) is 6.08 Å². The normalized spacial score (nSPS) is 12.5. The molecule has 0 amide bonds. The number of ether oxygens (including phenoxy) is 2. The van der Waals surface area contributed by atoms with Crippen LogP contribution in [0.3, 0.4) is 0 Å². The number of hydrogen-bond acceptors (Lipinski definition) is 3. The minimum absolute atomic E-state index is 0.0604. The number of methoxy groups -OCH3 is 1. The lowest BCUT2D eigenvalue weighted by atomic mass is 10.1. The van der Waals surface area contributed by atoms with Crippen LogP contribution in [-0.2, 0) is 4.74 Å². The second kappa shape index (κ2) is 7.50. The van der Waals surface area contributed by atoms with E-state index in [9.17, 15) is 5.11 Å². The van der Waals surface area contributed by atoms with E-state index in [1.165, 1.54) is 7.11 Å². The van der Waals surface area contributed by atoms with E-state index in [0.717, 1.165) is 11.1 Å². The van der Waals surface area contributed by atoms with Gasteiger partial charge in [0.1, 0.15) is 0 Å². The van der Waals surface area contributed by atoms with E-state index in [1.807, 2.05) is 43.3 Å². The van der Waals surface area contributed by atoms with E-state index in [0.29, 0.717) is 12.4 Å². The standard InChI is InChI=1S/C18H20O3/c1-14(16-8-4-3-5-9-16)21-12-6-7-15-10-11-17(19)18(13-15)20-2/h3-11,13-14,19H,12H2,1-2H3/b7-6+. The lowest BCUT2D eigenvalue weighted by Crippen LogP contribution is -1.99.